The summed E-state index contributed by atoms with van der Waals surface area (Å²) in [5.41, 5.74) is 7.90. The fourth-order valence-electron chi connectivity index (χ4n) is 1.99. The highest BCUT2D eigenvalue weighted by Crippen LogP contribution is 2.39. The minimum atomic E-state index is 0.274. The second-order valence-corrected chi connectivity index (χ2v) is 6.36. The molecule has 0 spiro atoms. The van der Waals surface area contributed by atoms with Crippen molar-refractivity contribution in [3.05, 3.63) is 24.0 Å². The number of aryl methyl sites for hydroxylation is 1. The van der Waals surface area contributed by atoms with Crippen LogP contribution < -0.4 is 5.73 Å². The van der Waals surface area contributed by atoms with Crippen LogP contribution in [0.1, 0.15) is 51.6 Å². The van der Waals surface area contributed by atoms with Crippen LogP contribution in [0.2, 0.25) is 0 Å². The maximum Gasteiger partial charge on any atom is 0.0338 e. The van der Waals surface area contributed by atoms with Crippen molar-refractivity contribution < 1.29 is 0 Å². The van der Waals surface area contributed by atoms with Crippen molar-refractivity contribution in [2.75, 3.05) is 0 Å². The summed E-state index contributed by atoms with van der Waals surface area (Å²) in [5, 5.41) is 0. The van der Waals surface area contributed by atoms with E-state index in [0.717, 1.165) is 12.5 Å². The van der Waals surface area contributed by atoms with E-state index in [1.165, 1.54) is 24.8 Å². The summed E-state index contributed by atoms with van der Waals surface area (Å²) < 4.78 is 2.28. The van der Waals surface area contributed by atoms with Gasteiger partial charge < -0.3 is 10.3 Å². The predicted octanol–water partition coefficient (Wildman–Crippen LogP) is 3.33. The van der Waals surface area contributed by atoms with E-state index >= 15 is 0 Å². The zero-order chi connectivity index (χ0) is 11.8. The van der Waals surface area contributed by atoms with Crippen LogP contribution in [-0.4, -0.2) is 4.57 Å². The molecule has 1 aromatic heterocycles. The summed E-state index contributed by atoms with van der Waals surface area (Å²) in [6.45, 7) is 7.95. The molecule has 0 bridgehead atoms. The van der Waals surface area contributed by atoms with Crippen molar-refractivity contribution >= 4 is 0 Å². The molecule has 2 rings (SSSR count). The first-order valence-corrected chi connectivity index (χ1v) is 6.37. The first-order chi connectivity index (χ1) is 7.46. The smallest absolute Gasteiger partial charge is 0.0338 e. The molecule has 2 nitrogen and oxygen atoms in total. The maximum absolute atomic E-state index is 6.18. The van der Waals surface area contributed by atoms with Gasteiger partial charge in [-0.2, -0.15) is 0 Å². The Kier molecular flexibility index (Phi) is 3.11. The number of nitrogens with two attached hydrogens (primary N) is 1. The average molecular weight is 220 g/mol. The summed E-state index contributed by atoms with van der Waals surface area (Å²) in [6.07, 6.45) is 8.24. The van der Waals surface area contributed by atoms with Crippen LogP contribution in [0, 0.1) is 11.3 Å². The minimum absolute atomic E-state index is 0.274. The van der Waals surface area contributed by atoms with E-state index in [1.807, 2.05) is 0 Å². The van der Waals surface area contributed by atoms with E-state index in [4.69, 9.17) is 5.73 Å². The lowest BCUT2D eigenvalue weighted by molar-refractivity contribution is 0.350. The third-order valence-corrected chi connectivity index (χ3v) is 3.41. The third kappa shape index (κ3) is 3.11. The Hall–Kier alpha value is -0.760. The monoisotopic (exact) mass is 220 g/mol. The molecule has 16 heavy (non-hydrogen) atoms. The normalized spacial score (nSPS) is 18.8. The number of aromatic nitrogens is 1. The molecule has 1 saturated carbocycles. The van der Waals surface area contributed by atoms with Crippen molar-refractivity contribution in [2.45, 2.75) is 52.6 Å². The SMILES string of the molecule is CC(C)(C)CCn1ccc(C(N)C2CC2)c1. The fourth-order valence-corrected chi connectivity index (χ4v) is 1.99. The van der Waals surface area contributed by atoms with Crippen LogP contribution in [-0.2, 0) is 6.54 Å². The van der Waals surface area contributed by atoms with Gasteiger partial charge in [-0.15, -0.1) is 0 Å². The molecule has 0 aromatic carbocycles. The predicted molar refractivity (Wildman–Crippen MR) is 68.2 cm³/mol. The van der Waals surface area contributed by atoms with Crippen LogP contribution in [0.4, 0.5) is 0 Å². The zero-order valence-electron chi connectivity index (χ0n) is 10.7. The minimum Gasteiger partial charge on any atom is -0.354 e. The van der Waals surface area contributed by atoms with Crippen molar-refractivity contribution in [1.29, 1.82) is 0 Å². The lowest BCUT2D eigenvalue weighted by atomic mass is 9.92. The van der Waals surface area contributed by atoms with E-state index in [0.29, 0.717) is 5.41 Å². The molecule has 2 N–H and O–H groups in total. The molecule has 1 heterocycles. The Morgan fingerprint density at radius 2 is 2.12 bits per heavy atom. The summed E-state index contributed by atoms with van der Waals surface area (Å²) in [4.78, 5) is 0. The van der Waals surface area contributed by atoms with Gasteiger partial charge in [-0.1, -0.05) is 20.8 Å². The summed E-state index contributed by atoms with van der Waals surface area (Å²) in [7, 11) is 0. The third-order valence-electron chi connectivity index (χ3n) is 3.41. The fraction of sp³-hybridized carbons (Fsp3) is 0.714. The van der Waals surface area contributed by atoms with Gasteiger partial charge in [0, 0.05) is 25.0 Å². The summed E-state index contributed by atoms with van der Waals surface area (Å²) in [5.74, 6) is 0.749. The van der Waals surface area contributed by atoms with Gasteiger partial charge in [0.1, 0.15) is 0 Å². The number of hydrogen-bond acceptors (Lipinski definition) is 1. The Morgan fingerprint density at radius 1 is 1.44 bits per heavy atom. The number of hydrogen-bond donors (Lipinski definition) is 1. The van der Waals surface area contributed by atoms with Crippen molar-refractivity contribution in [3.63, 3.8) is 0 Å². The molecule has 1 atom stereocenters. The van der Waals surface area contributed by atoms with Crippen molar-refractivity contribution in [1.82, 2.24) is 4.57 Å². The summed E-state index contributed by atoms with van der Waals surface area (Å²) in [6, 6.07) is 2.46. The van der Waals surface area contributed by atoms with Crippen molar-refractivity contribution in [2.24, 2.45) is 17.1 Å². The molecule has 0 saturated heterocycles. The van der Waals surface area contributed by atoms with E-state index in [1.54, 1.807) is 0 Å². The van der Waals surface area contributed by atoms with Gasteiger partial charge in [-0.05, 0) is 42.2 Å². The van der Waals surface area contributed by atoms with Crippen LogP contribution in [0.3, 0.4) is 0 Å². The van der Waals surface area contributed by atoms with Gasteiger partial charge in [-0.3, -0.25) is 0 Å². The molecular formula is C14H24N2. The molecule has 2 heteroatoms. The molecule has 1 aliphatic carbocycles. The topological polar surface area (TPSA) is 30.9 Å². The standard InChI is InChI=1S/C14H24N2/c1-14(2,3)7-9-16-8-6-12(10-16)13(15)11-4-5-11/h6,8,10-11,13H,4-5,7,9,15H2,1-3H3. The highest BCUT2D eigenvalue weighted by Gasteiger charge is 2.29. The molecule has 0 amide bonds. The largest absolute Gasteiger partial charge is 0.354 e. The molecule has 90 valence electrons. The van der Waals surface area contributed by atoms with E-state index < -0.39 is 0 Å². The molecule has 1 fully saturated rings. The molecule has 0 aliphatic heterocycles. The molecule has 1 unspecified atom stereocenters. The molecule has 1 aromatic rings. The maximum atomic E-state index is 6.18. The lowest BCUT2D eigenvalue weighted by Gasteiger charge is -2.18. The Labute approximate surface area is 98.8 Å². The highest BCUT2D eigenvalue weighted by molar-refractivity contribution is 5.17. The van der Waals surface area contributed by atoms with Gasteiger partial charge in [0.05, 0.1) is 0 Å². The number of rotatable bonds is 4. The van der Waals surface area contributed by atoms with Gasteiger partial charge in [0.15, 0.2) is 0 Å². The molecule has 1 aliphatic rings. The first-order valence-electron chi connectivity index (χ1n) is 6.37. The lowest BCUT2D eigenvalue weighted by Crippen LogP contribution is -2.12. The van der Waals surface area contributed by atoms with E-state index in [-0.39, 0.29) is 6.04 Å². The van der Waals surface area contributed by atoms with E-state index in [9.17, 15) is 0 Å². The number of nitrogens with zero attached hydrogens (tertiary/aromatic N) is 1. The van der Waals surface area contributed by atoms with Gasteiger partial charge >= 0.3 is 0 Å². The van der Waals surface area contributed by atoms with Crippen LogP contribution in [0.25, 0.3) is 0 Å². The van der Waals surface area contributed by atoms with Gasteiger partial charge in [0.25, 0.3) is 0 Å². The molecular weight excluding hydrogens is 196 g/mol. The molecule has 0 radical (unpaired) electrons. The van der Waals surface area contributed by atoms with E-state index in [2.05, 4.69) is 43.8 Å². The Morgan fingerprint density at radius 3 is 2.69 bits per heavy atom. The average Bonchev–Trinajstić information content (AvgIpc) is 2.92. The van der Waals surface area contributed by atoms with Gasteiger partial charge in [0.2, 0.25) is 0 Å². The Balaban J connectivity index is 1.91. The van der Waals surface area contributed by atoms with Crippen LogP contribution >= 0.6 is 0 Å². The second kappa shape index (κ2) is 4.25. The van der Waals surface area contributed by atoms with Gasteiger partial charge in [-0.25, -0.2) is 0 Å². The quantitative estimate of drug-likeness (QED) is 0.829. The van der Waals surface area contributed by atoms with Crippen LogP contribution in [0.5, 0.6) is 0 Å². The summed E-state index contributed by atoms with van der Waals surface area (Å²) >= 11 is 0. The highest BCUT2D eigenvalue weighted by atomic mass is 14.9. The second-order valence-electron chi connectivity index (χ2n) is 6.36. The van der Waals surface area contributed by atoms with Crippen LogP contribution in [0.15, 0.2) is 18.5 Å². The first kappa shape index (κ1) is 11.7. The van der Waals surface area contributed by atoms with Crippen molar-refractivity contribution in [3.8, 4) is 0 Å². The zero-order valence-corrected chi connectivity index (χ0v) is 10.7. The Bertz CT molecular complexity index is 342.